The van der Waals surface area contributed by atoms with Crippen molar-refractivity contribution in [1.29, 1.82) is 0 Å². The third kappa shape index (κ3) is 6.21. The van der Waals surface area contributed by atoms with Crippen molar-refractivity contribution in [3.05, 3.63) is 0 Å². The molecule has 2 unspecified atom stereocenters. The summed E-state index contributed by atoms with van der Waals surface area (Å²) in [7, 11) is 0. The maximum atomic E-state index is 8.87. The van der Waals surface area contributed by atoms with E-state index in [2.05, 4.69) is 4.74 Å². The highest BCUT2D eigenvalue weighted by Crippen LogP contribution is 2.01. The molecule has 5 nitrogen and oxygen atoms in total. The van der Waals surface area contributed by atoms with Gasteiger partial charge in [-0.3, -0.25) is 0 Å². The Kier molecular flexibility index (Phi) is 5.35. The highest BCUT2D eigenvalue weighted by Gasteiger charge is 2.12. The molecule has 0 fully saturated rings. The molecule has 0 aliphatic heterocycles. The Bertz CT molecular complexity index is 95.0. The Morgan fingerprint density at radius 1 is 1.18 bits per heavy atom. The highest BCUT2D eigenvalue weighted by molar-refractivity contribution is 4.50. The molecule has 0 aliphatic rings. The Morgan fingerprint density at radius 3 is 2.09 bits per heavy atom. The van der Waals surface area contributed by atoms with E-state index in [0.29, 0.717) is 0 Å². The SMILES string of the molecule is CC(O)C[C@H](O)OC(O)CO. The van der Waals surface area contributed by atoms with Gasteiger partial charge in [0, 0.05) is 6.42 Å². The van der Waals surface area contributed by atoms with Gasteiger partial charge >= 0.3 is 0 Å². The minimum atomic E-state index is -1.39. The third-order valence-electron chi connectivity index (χ3n) is 1.01. The zero-order valence-corrected chi connectivity index (χ0v) is 6.34. The molecule has 0 rings (SSSR count). The predicted molar refractivity (Wildman–Crippen MR) is 36.5 cm³/mol. The van der Waals surface area contributed by atoms with Gasteiger partial charge in [-0.25, -0.2) is 0 Å². The molecule has 3 atom stereocenters. The first-order valence-corrected chi connectivity index (χ1v) is 3.36. The van der Waals surface area contributed by atoms with Gasteiger partial charge in [0.2, 0.25) is 0 Å². The second-order valence-corrected chi connectivity index (χ2v) is 2.31. The molecule has 11 heavy (non-hydrogen) atoms. The van der Waals surface area contributed by atoms with E-state index in [9.17, 15) is 0 Å². The molecule has 0 aliphatic carbocycles. The molecule has 5 heteroatoms. The summed E-state index contributed by atoms with van der Waals surface area (Å²) in [5.74, 6) is 0. The molecular weight excluding hydrogens is 152 g/mol. The van der Waals surface area contributed by atoms with Gasteiger partial charge in [0.25, 0.3) is 0 Å². The molecule has 0 spiro atoms. The van der Waals surface area contributed by atoms with Crippen molar-refractivity contribution in [3.63, 3.8) is 0 Å². The molecule has 0 aromatic rings. The monoisotopic (exact) mass is 166 g/mol. The smallest absolute Gasteiger partial charge is 0.181 e. The van der Waals surface area contributed by atoms with Crippen LogP contribution >= 0.6 is 0 Å². The number of hydrogen-bond acceptors (Lipinski definition) is 5. The lowest BCUT2D eigenvalue weighted by atomic mass is 10.3. The van der Waals surface area contributed by atoms with E-state index in [1.807, 2.05) is 0 Å². The van der Waals surface area contributed by atoms with Crippen molar-refractivity contribution < 1.29 is 25.2 Å². The average Bonchev–Trinajstić information content (AvgIpc) is 1.85. The fraction of sp³-hybridized carbons (Fsp3) is 1.00. The Morgan fingerprint density at radius 2 is 1.73 bits per heavy atom. The molecule has 4 N–H and O–H groups in total. The Hall–Kier alpha value is -0.200. The maximum absolute atomic E-state index is 8.87. The number of hydrogen-bond donors (Lipinski definition) is 4. The number of rotatable bonds is 5. The van der Waals surface area contributed by atoms with E-state index in [-0.39, 0.29) is 6.42 Å². The summed E-state index contributed by atoms with van der Waals surface area (Å²) in [5, 5.41) is 34.5. The minimum Gasteiger partial charge on any atom is -0.393 e. The summed E-state index contributed by atoms with van der Waals surface area (Å²) in [4.78, 5) is 0. The quantitative estimate of drug-likeness (QED) is 0.369. The van der Waals surface area contributed by atoms with Crippen molar-refractivity contribution >= 4 is 0 Å². The van der Waals surface area contributed by atoms with Crippen LogP contribution in [-0.4, -0.2) is 45.7 Å². The molecule has 0 radical (unpaired) electrons. The van der Waals surface area contributed by atoms with Crippen molar-refractivity contribution in [3.8, 4) is 0 Å². The molecule has 68 valence electrons. The van der Waals surface area contributed by atoms with Crippen LogP contribution in [0.5, 0.6) is 0 Å². The molecule has 0 saturated heterocycles. The standard InChI is InChI=1S/C6H14O5/c1-4(8)2-5(9)11-6(10)3-7/h4-10H,2-3H2,1H3/t4?,5-,6?/m1/s1. The summed E-state index contributed by atoms with van der Waals surface area (Å²) >= 11 is 0. The highest BCUT2D eigenvalue weighted by atomic mass is 16.7. The summed E-state index contributed by atoms with van der Waals surface area (Å²) in [6.07, 6.45) is -3.31. The normalized spacial score (nSPS) is 19.4. The lowest BCUT2D eigenvalue weighted by molar-refractivity contribution is -0.226. The summed E-state index contributed by atoms with van der Waals surface area (Å²) in [5.41, 5.74) is 0. The number of aliphatic hydroxyl groups is 4. The van der Waals surface area contributed by atoms with Gasteiger partial charge in [0.15, 0.2) is 12.6 Å². The first-order valence-electron chi connectivity index (χ1n) is 3.36. The molecular formula is C6H14O5. The van der Waals surface area contributed by atoms with Crippen molar-refractivity contribution in [2.45, 2.75) is 32.0 Å². The van der Waals surface area contributed by atoms with E-state index in [1.54, 1.807) is 0 Å². The minimum absolute atomic E-state index is 0.0110. The number of ether oxygens (including phenoxy) is 1. The zero-order valence-electron chi connectivity index (χ0n) is 6.34. The van der Waals surface area contributed by atoms with Gasteiger partial charge in [-0.05, 0) is 6.92 Å². The summed E-state index contributed by atoms with van der Waals surface area (Å²) in [6, 6.07) is 0. The summed E-state index contributed by atoms with van der Waals surface area (Å²) in [6.45, 7) is 0.911. The third-order valence-corrected chi connectivity index (χ3v) is 1.01. The largest absolute Gasteiger partial charge is 0.393 e. The van der Waals surface area contributed by atoms with Crippen LogP contribution in [0.3, 0.4) is 0 Å². The first kappa shape index (κ1) is 10.8. The van der Waals surface area contributed by atoms with Crippen LogP contribution in [0.1, 0.15) is 13.3 Å². The van der Waals surface area contributed by atoms with Gasteiger partial charge in [0.05, 0.1) is 12.7 Å². The average molecular weight is 166 g/mol. The first-order chi connectivity index (χ1) is 5.06. The van der Waals surface area contributed by atoms with Crippen LogP contribution in [0.2, 0.25) is 0 Å². The van der Waals surface area contributed by atoms with E-state index in [0.717, 1.165) is 0 Å². The van der Waals surface area contributed by atoms with E-state index in [4.69, 9.17) is 20.4 Å². The van der Waals surface area contributed by atoms with Crippen molar-refractivity contribution in [2.24, 2.45) is 0 Å². The molecule has 0 bridgehead atoms. The second-order valence-electron chi connectivity index (χ2n) is 2.31. The zero-order chi connectivity index (χ0) is 8.85. The summed E-state index contributed by atoms with van der Waals surface area (Å²) < 4.78 is 4.41. The van der Waals surface area contributed by atoms with Gasteiger partial charge in [-0.15, -0.1) is 0 Å². The van der Waals surface area contributed by atoms with Crippen LogP contribution in [0, 0.1) is 0 Å². The van der Waals surface area contributed by atoms with Gasteiger partial charge < -0.3 is 25.2 Å². The lowest BCUT2D eigenvalue weighted by Crippen LogP contribution is -2.27. The maximum Gasteiger partial charge on any atom is 0.181 e. The number of aliphatic hydroxyl groups excluding tert-OH is 4. The van der Waals surface area contributed by atoms with Crippen molar-refractivity contribution in [2.75, 3.05) is 6.61 Å². The van der Waals surface area contributed by atoms with Crippen molar-refractivity contribution in [1.82, 2.24) is 0 Å². The van der Waals surface area contributed by atoms with Gasteiger partial charge in [-0.1, -0.05) is 0 Å². The second kappa shape index (κ2) is 5.45. The van der Waals surface area contributed by atoms with E-state index in [1.165, 1.54) is 6.92 Å². The van der Waals surface area contributed by atoms with E-state index >= 15 is 0 Å². The molecule has 0 amide bonds. The lowest BCUT2D eigenvalue weighted by Gasteiger charge is -2.16. The predicted octanol–water partition coefficient (Wildman–Crippen LogP) is -1.60. The molecule has 0 heterocycles. The van der Waals surface area contributed by atoms with Gasteiger partial charge in [0.1, 0.15) is 0 Å². The fourth-order valence-corrected chi connectivity index (χ4v) is 0.572. The van der Waals surface area contributed by atoms with Crippen LogP contribution in [0.15, 0.2) is 0 Å². The van der Waals surface area contributed by atoms with E-state index < -0.39 is 25.3 Å². The van der Waals surface area contributed by atoms with Crippen LogP contribution in [0.25, 0.3) is 0 Å². The molecule has 0 aromatic carbocycles. The van der Waals surface area contributed by atoms with Crippen LogP contribution in [0.4, 0.5) is 0 Å². The molecule has 0 aromatic heterocycles. The van der Waals surface area contributed by atoms with Crippen LogP contribution < -0.4 is 0 Å². The Labute approximate surface area is 64.9 Å². The Balaban J connectivity index is 3.43. The molecule has 0 saturated carbocycles. The fourth-order valence-electron chi connectivity index (χ4n) is 0.572. The van der Waals surface area contributed by atoms with Crippen LogP contribution in [-0.2, 0) is 4.74 Å². The topological polar surface area (TPSA) is 90.2 Å². The van der Waals surface area contributed by atoms with Gasteiger partial charge in [-0.2, -0.15) is 0 Å².